The van der Waals surface area contributed by atoms with Crippen LogP contribution in [0.3, 0.4) is 0 Å². The molecule has 5 heteroatoms. The number of piperidine rings is 1. The van der Waals surface area contributed by atoms with Gasteiger partial charge >= 0.3 is 0 Å². The normalized spacial score (nSPS) is 19.9. The first-order valence-electron chi connectivity index (χ1n) is 5.88. The third kappa shape index (κ3) is 3.22. The summed E-state index contributed by atoms with van der Waals surface area (Å²) in [5.74, 6) is 0.0417. The van der Waals surface area contributed by atoms with Gasteiger partial charge in [-0.05, 0) is 37.3 Å². The number of thioether (sulfide) groups is 1. The Bertz CT molecular complexity index is 455. The number of nitrogens with zero attached hydrogens (tertiary/aromatic N) is 1. The zero-order valence-electron chi connectivity index (χ0n) is 10.2. The number of rotatable bonds is 2. The monoisotopic (exact) mass is 347 g/mol. The van der Waals surface area contributed by atoms with Crippen molar-refractivity contribution >= 4 is 45.2 Å². The molecule has 0 aliphatic carbocycles. The highest BCUT2D eigenvalue weighted by molar-refractivity contribution is 9.09. The maximum atomic E-state index is 12.4. The molecule has 1 fully saturated rings. The molecule has 2 rings (SSSR count). The van der Waals surface area contributed by atoms with Crippen molar-refractivity contribution < 1.29 is 4.79 Å². The molecule has 1 aliphatic rings. The first-order valence-corrected chi connectivity index (χ1v) is 8.40. The summed E-state index contributed by atoms with van der Waals surface area (Å²) < 4.78 is 0. The smallest absolute Gasteiger partial charge is 0.255 e. The maximum Gasteiger partial charge on any atom is 0.255 e. The number of carbonyl (C=O) groups is 1. The molecule has 1 heterocycles. The van der Waals surface area contributed by atoms with E-state index in [4.69, 9.17) is 11.6 Å². The molecule has 1 aromatic carbocycles. The zero-order chi connectivity index (χ0) is 13.1. The largest absolute Gasteiger partial charge is 0.337 e. The molecule has 0 aromatic heterocycles. The van der Waals surface area contributed by atoms with E-state index in [9.17, 15) is 4.79 Å². The average Bonchev–Trinajstić information content (AvgIpc) is 2.38. The van der Waals surface area contributed by atoms with Crippen molar-refractivity contribution in [1.82, 2.24) is 4.90 Å². The Morgan fingerprint density at radius 1 is 1.56 bits per heavy atom. The molecular formula is C13H15BrClNOS. The van der Waals surface area contributed by atoms with Crippen molar-refractivity contribution in [2.75, 3.05) is 19.3 Å². The van der Waals surface area contributed by atoms with Crippen molar-refractivity contribution in [1.29, 1.82) is 0 Å². The maximum absolute atomic E-state index is 12.4. The van der Waals surface area contributed by atoms with Gasteiger partial charge in [-0.15, -0.1) is 11.8 Å². The fourth-order valence-corrected chi connectivity index (χ4v) is 3.39. The Balaban J connectivity index is 2.22. The molecule has 0 saturated carbocycles. The van der Waals surface area contributed by atoms with Crippen LogP contribution in [0, 0.1) is 0 Å². The van der Waals surface area contributed by atoms with Crippen molar-refractivity contribution in [3.63, 3.8) is 0 Å². The molecule has 1 amide bonds. The lowest BCUT2D eigenvalue weighted by Crippen LogP contribution is -2.40. The van der Waals surface area contributed by atoms with Crippen molar-refractivity contribution in [2.24, 2.45) is 0 Å². The molecule has 1 atom stereocenters. The van der Waals surface area contributed by atoms with E-state index in [0.717, 1.165) is 30.8 Å². The number of halogens is 2. The Morgan fingerprint density at radius 2 is 2.33 bits per heavy atom. The molecule has 0 radical (unpaired) electrons. The molecule has 0 bridgehead atoms. The highest BCUT2D eigenvalue weighted by atomic mass is 79.9. The van der Waals surface area contributed by atoms with Gasteiger partial charge in [-0.1, -0.05) is 27.5 Å². The third-order valence-corrected chi connectivity index (χ3v) is 4.86. The highest BCUT2D eigenvalue weighted by Gasteiger charge is 2.24. The quantitative estimate of drug-likeness (QED) is 0.593. The van der Waals surface area contributed by atoms with Gasteiger partial charge in [0, 0.05) is 22.8 Å². The summed E-state index contributed by atoms with van der Waals surface area (Å²) >= 11 is 11.3. The van der Waals surface area contributed by atoms with Gasteiger partial charge < -0.3 is 4.90 Å². The van der Waals surface area contributed by atoms with Crippen LogP contribution in [0.5, 0.6) is 0 Å². The number of hydrogen-bond acceptors (Lipinski definition) is 2. The Labute approximate surface area is 125 Å². The second-order valence-corrected chi connectivity index (χ2v) is 6.92. The summed E-state index contributed by atoms with van der Waals surface area (Å²) in [5.41, 5.74) is 0.616. The van der Waals surface area contributed by atoms with E-state index in [1.54, 1.807) is 17.8 Å². The van der Waals surface area contributed by atoms with Crippen LogP contribution in [0.15, 0.2) is 23.1 Å². The fraction of sp³-hybridized carbons (Fsp3) is 0.462. The van der Waals surface area contributed by atoms with Crippen molar-refractivity contribution in [3.05, 3.63) is 28.8 Å². The van der Waals surface area contributed by atoms with Gasteiger partial charge in [-0.2, -0.15) is 0 Å². The van der Waals surface area contributed by atoms with Crippen LogP contribution in [-0.2, 0) is 0 Å². The summed E-state index contributed by atoms with van der Waals surface area (Å²) in [6, 6.07) is 5.62. The fourth-order valence-electron chi connectivity index (χ4n) is 2.08. The summed E-state index contributed by atoms with van der Waals surface area (Å²) in [4.78, 5) is 15.8. The first-order chi connectivity index (χ1) is 8.61. The summed E-state index contributed by atoms with van der Waals surface area (Å²) in [7, 11) is 0. The van der Waals surface area contributed by atoms with Gasteiger partial charge in [0.05, 0.1) is 10.6 Å². The number of alkyl halides is 1. The zero-order valence-corrected chi connectivity index (χ0v) is 13.3. The molecule has 98 valence electrons. The van der Waals surface area contributed by atoms with Crippen LogP contribution < -0.4 is 0 Å². The van der Waals surface area contributed by atoms with Crippen LogP contribution >= 0.6 is 39.3 Å². The van der Waals surface area contributed by atoms with Crippen LogP contribution in [0.2, 0.25) is 5.02 Å². The molecule has 1 unspecified atom stereocenters. The minimum atomic E-state index is 0.0417. The molecule has 1 saturated heterocycles. The van der Waals surface area contributed by atoms with Crippen molar-refractivity contribution in [2.45, 2.75) is 22.6 Å². The van der Waals surface area contributed by atoms with E-state index in [1.807, 2.05) is 23.3 Å². The van der Waals surface area contributed by atoms with E-state index in [-0.39, 0.29) is 5.91 Å². The molecule has 1 aliphatic heterocycles. The SMILES string of the molecule is CSc1ccc(Cl)c(C(=O)N2CCCC(Br)C2)c1. The van der Waals surface area contributed by atoms with Crippen LogP contribution in [-0.4, -0.2) is 35.0 Å². The predicted molar refractivity (Wildman–Crippen MR) is 81.1 cm³/mol. The molecule has 18 heavy (non-hydrogen) atoms. The van der Waals surface area contributed by atoms with E-state index in [2.05, 4.69) is 15.9 Å². The Kier molecular flexibility index (Phi) is 4.98. The van der Waals surface area contributed by atoms with Crippen LogP contribution in [0.4, 0.5) is 0 Å². The Hall–Kier alpha value is -0.190. The summed E-state index contributed by atoms with van der Waals surface area (Å²) in [6.07, 6.45) is 4.16. The van der Waals surface area contributed by atoms with Crippen LogP contribution in [0.25, 0.3) is 0 Å². The summed E-state index contributed by atoms with van der Waals surface area (Å²) in [5, 5.41) is 0.537. The van der Waals surface area contributed by atoms with Gasteiger partial charge in [0.25, 0.3) is 5.91 Å². The lowest BCUT2D eigenvalue weighted by atomic mass is 10.1. The average molecular weight is 349 g/mol. The molecule has 0 spiro atoms. The van der Waals surface area contributed by atoms with Crippen molar-refractivity contribution in [3.8, 4) is 0 Å². The highest BCUT2D eigenvalue weighted by Crippen LogP contribution is 2.26. The number of hydrogen-bond donors (Lipinski definition) is 0. The lowest BCUT2D eigenvalue weighted by molar-refractivity contribution is 0.0730. The van der Waals surface area contributed by atoms with E-state index < -0.39 is 0 Å². The second kappa shape index (κ2) is 6.31. The van der Waals surface area contributed by atoms with Gasteiger partial charge in [0.2, 0.25) is 0 Å². The van der Waals surface area contributed by atoms with E-state index in [1.165, 1.54) is 0 Å². The lowest BCUT2D eigenvalue weighted by Gasteiger charge is -2.30. The molecule has 0 N–H and O–H groups in total. The van der Waals surface area contributed by atoms with Gasteiger partial charge in [0.1, 0.15) is 0 Å². The second-order valence-electron chi connectivity index (χ2n) is 4.34. The molecule has 2 nitrogen and oxygen atoms in total. The number of carbonyl (C=O) groups excluding carboxylic acids is 1. The van der Waals surface area contributed by atoms with Gasteiger partial charge in [0.15, 0.2) is 0 Å². The number of benzene rings is 1. The van der Waals surface area contributed by atoms with E-state index >= 15 is 0 Å². The minimum Gasteiger partial charge on any atom is -0.337 e. The standard InChI is InChI=1S/C13H15BrClNOS/c1-18-10-4-5-12(15)11(7-10)13(17)16-6-2-3-9(14)8-16/h4-5,7,9H,2-3,6,8H2,1H3. The molecular weight excluding hydrogens is 334 g/mol. The Morgan fingerprint density at radius 3 is 3.00 bits per heavy atom. The third-order valence-electron chi connectivity index (χ3n) is 3.06. The minimum absolute atomic E-state index is 0.0417. The number of amides is 1. The first kappa shape index (κ1) is 14.2. The van der Waals surface area contributed by atoms with E-state index in [0.29, 0.717) is 15.4 Å². The topological polar surface area (TPSA) is 20.3 Å². The molecule has 1 aromatic rings. The predicted octanol–water partition coefficient (Wildman–Crippen LogP) is 4.06. The summed E-state index contributed by atoms with van der Waals surface area (Å²) in [6.45, 7) is 1.58. The van der Waals surface area contributed by atoms with Crippen LogP contribution in [0.1, 0.15) is 23.2 Å². The van der Waals surface area contributed by atoms with Gasteiger partial charge in [-0.25, -0.2) is 0 Å². The van der Waals surface area contributed by atoms with Gasteiger partial charge in [-0.3, -0.25) is 4.79 Å². The number of likely N-dealkylation sites (tertiary alicyclic amines) is 1.